The van der Waals surface area contributed by atoms with Crippen LogP contribution in [0.4, 0.5) is 0 Å². The Balaban J connectivity index is 0.000000176. The number of hydrogen-bond acceptors (Lipinski definition) is 4. The van der Waals surface area contributed by atoms with E-state index in [9.17, 15) is 9.59 Å². The Bertz CT molecular complexity index is 1240. The predicted octanol–water partition coefficient (Wildman–Crippen LogP) is 6.07. The summed E-state index contributed by atoms with van der Waals surface area (Å²) in [6, 6.07) is 13.8. The molecular weight excluding hydrogens is 460 g/mol. The molecule has 4 aromatic rings. The van der Waals surface area contributed by atoms with Crippen LogP contribution in [0, 0.1) is 13.8 Å². The molecule has 2 N–H and O–H groups in total. The summed E-state index contributed by atoms with van der Waals surface area (Å²) in [6.45, 7) is 8.40. The Kier molecular flexibility index (Phi) is 7.17. The van der Waals surface area contributed by atoms with Crippen LogP contribution in [-0.4, -0.2) is 35.1 Å². The van der Waals surface area contributed by atoms with Crippen molar-refractivity contribution in [1.29, 1.82) is 0 Å². The lowest BCUT2D eigenvalue weighted by Gasteiger charge is -1.98. The van der Waals surface area contributed by atoms with Gasteiger partial charge in [-0.05, 0) is 74.0 Å². The Morgan fingerprint density at radius 2 is 1.45 bits per heavy atom. The number of esters is 2. The summed E-state index contributed by atoms with van der Waals surface area (Å²) in [5.41, 5.74) is 5.21. The topological polar surface area (TPSA) is 84.2 Å². The van der Waals surface area contributed by atoms with Crippen LogP contribution >= 0.6 is 15.9 Å². The molecule has 0 amide bonds. The van der Waals surface area contributed by atoms with Gasteiger partial charge in [0.15, 0.2) is 0 Å². The maximum absolute atomic E-state index is 11.6. The molecule has 2 aromatic heterocycles. The second-order valence-electron chi connectivity index (χ2n) is 7.08. The van der Waals surface area contributed by atoms with Gasteiger partial charge in [-0.1, -0.05) is 23.3 Å². The van der Waals surface area contributed by atoms with E-state index in [1.165, 1.54) is 5.56 Å². The van der Waals surface area contributed by atoms with Crippen LogP contribution in [0.15, 0.2) is 46.9 Å². The molecule has 0 aliphatic rings. The van der Waals surface area contributed by atoms with Crippen molar-refractivity contribution in [2.45, 2.75) is 27.7 Å². The van der Waals surface area contributed by atoms with Crippen LogP contribution in [-0.2, 0) is 9.47 Å². The first kappa shape index (κ1) is 22.6. The summed E-state index contributed by atoms with van der Waals surface area (Å²) in [6.07, 6.45) is 0. The van der Waals surface area contributed by atoms with Crippen LogP contribution in [0.3, 0.4) is 0 Å². The summed E-state index contributed by atoms with van der Waals surface area (Å²) in [4.78, 5) is 29.2. The molecule has 0 bridgehead atoms. The molecule has 0 atom stereocenters. The molecule has 0 saturated heterocycles. The summed E-state index contributed by atoms with van der Waals surface area (Å²) in [7, 11) is 0. The first-order chi connectivity index (χ1) is 14.8. The van der Waals surface area contributed by atoms with Crippen molar-refractivity contribution in [1.82, 2.24) is 9.97 Å². The zero-order valence-corrected chi connectivity index (χ0v) is 19.6. The predicted molar refractivity (Wildman–Crippen MR) is 126 cm³/mol. The lowest BCUT2D eigenvalue weighted by Crippen LogP contribution is -2.05. The molecule has 0 saturated carbocycles. The minimum absolute atomic E-state index is 0.300. The number of carbonyl (C=O) groups excluding carboxylic acids is 2. The van der Waals surface area contributed by atoms with E-state index in [-0.39, 0.29) is 11.9 Å². The van der Waals surface area contributed by atoms with Gasteiger partial charge in [-0.15, -0.1) is 0 Å². The molecule has 0 spiro atoms. The minimum Gasteiger partial charge on any atom is -0.461 e. The third kappa shape index (κ3) is 5.17. The van der Waals surface area contributed by atoms with Crippen molar-refractivity contribution in [3.05, 3.63) is 69.5 Å². The lowest BCUT2D eigenvalue weighted by atomic mass is 10.2. The third-order valence-electron chi connectivity index (χ3n) is 4.64. The number of hydrogen-bond donors (Lipinski definition) is 2. The number of H-pyrrole nitrogens is 2. The average molecular weight is 485 g/mol. The van der Waals surface area contributed by atoms with Crippen LogP contribution in [0.2, 0.25) is 0 Å². The maximum Gasteiger partial charge on any atom is 0.355 e. The van der Waals surface area contributed by atoms with E-state index in [0.29, 0.717) is 24.6 Å². The highest BCUT2D eigenvalue weighted by atomic mass is 79.9. The van der Waals surface area contributed by atoms with E-state index in [0.717, 1.165) is 31.8 Å². The Labute approximate surface area is 189 Å². The molecule has 31 heavy (non-hydrogen) atoms. The number of carbonyl (C=O) groups is 2. The Morgan fingerprint density at radius 3 is 2.13 bits per heavy atom. The fourth-order valence-electron chi connectivity index (χ4n) is 3.19. The fourth-order valence-corrected chi connectivity index (χ4v) is 3.78. The second kappa shape index (κ2) is 9.83. The highest BCUT2D eigenvalue weighted by Crippen LogP contribution is 2.29. The molecule has 2 heterocycles. The van der Waals surface area contributed by atoms with Gasteiger partial charge in [0.2, 0.25) is 0 Å². The van der Waals surface area contributed by atoms with Crippen molar-refractivity contribution in [3.8, 4) is 0 Å². The number of nitrogens with one attached hydrogen (secondary N) is 2. The molecule has 6 nitrogen and oxygen atoms in total. The van der Waals surface area contributed by atoms with Gasteiger partial charge in [0.05, 0.1) is 17.7 Å². The van der Waals surface area contributed by atoms with E-state index in [1.807, 2.05) is 56.3 Å². The smallest absolute Gasteiger partial charge is 0.355 e. The molecule has 0 radical (unpaired) electrons. The standard InChI is InChI=1S/C12H12BrNO2.C12H13NO2/c1-3-16-12(15)11-10(13)8-6-7(2)4-5-9(8)14-11;1-3-15-12(14)11-7-9-6-8(2)4-5-10(9)13-11/h4-6,14H,3H2,1-2H3;4-7,13H,3H2,1-2H3. The normalized spacial score (nSPS) is 10.6. The Morgan fingerprint density at radius 1 is 0.839 bits per heavy atom. The largest absolute Gasteiger partial charge is 0.461 e. The quantitative estimate of drug-likeness (QED) is 0.344. The van der Waals surface area contributed by atoms with Crippen LogP contribution in [0.1, 0.15) is 46.0 Å². The second-order valence-corrected chi connectivity index (χ2v) is 7.87. The summed E-state index contributed by atoms with van der Waals surface area (Å²) in [5, 5.41) is 2.04. The van der Waals surface area contributed by atoms with Gasteiger partial charge >= 0.3 is 11.9 Å². The zero-order valence-electron chi connectivity index (χ0n) is 18.0. The van der Waals surface area contributed by atoms with Gasteiger partial charge < -0.3 is 19.4 Å². The number of fused-ring (bicyclic) bond motifs is 2. The summed E-state index contributed by atoms with van der Waals surface area (Å²) < 4.78 is 10.7. The fraction of sp³-hybridized carbons (Fsp3) is 0.250. The number of aryl methyl sites for hydroxylation is 2. The highest BCUT2D eigenvalue weighted by molar-refractivity contribution is 9.10. The van der Waals surface area contributed by atoms with Gasteiger partial charge in [0.25, 0.3) is 0 Å². The molecule has 0 aliphatic carbocycles. The molecular formula is C24H25BrN2O4. The zero-order chi connectivity index (χ0) is 22.5. The van der Waals surface area contributed by atoms with E-state index in [1.54, 1.807) is 13.8 Å². The SMILES string of the molecule is CCOC(=O)c1[nH]c2ccc(C)cc2c1Br.CCOC(=O)c1cc2cc(C)ccc2[nH]1. The van der Waals surface area contributed by atoms with Gasteiger partial charge in [-0.3, -0.25) is 0 Å². The van der Waals surface area contributed by atoms with Crippen molar-refractivity contribution in [3.63, 3.8) is 0 Å². The molecule has 0 aliphatic heterocycles. The minimum atomic E-state index is -0.330. The molecule has 0 unspecified atom stereocenters. The molecule has 7 heteroatoms. The van der Waals surface area contributed by atoms with Crippen molar-refractivity contribution in [2.75, 3.05) is 13.2 Å². The van der Waals surface area contributed by atoms with Gasteiger partial charge in [0.1, 0.15) is 11.4 Å². The average Bonchev–Trinajstić information content (AvgIpc) is 3.30. The lowest BCUT2D eigenvalue weighted by molar-refractivity contribution is 0.0510. The summed E-state index contributed by atoms with van der Waals surface area (Å²) >= 11 is 3.42. The molecule has 0 fully saturated rings. The number of ether oxygens (including phenoxy) is 2. The van der Waals surface area contributed by atoms with Crippen molar-refractivity contribution >= 4 is 49.7 Å². The number of benzene rings is 2. The first-order valence-corrected chi connectivity index (χ1v) is 10.8. The number of rotatable bonds is 4. The molecule has 162 valence electrons. The van der Waals surface area contributed by atoms with E-state index in [4.69, 9.17) is 9.47 Å². The maximum atomic E-state index is 11.6. The molecule has 2 aromatic carbocycles. The number of aromatic nitrogens is 2. The van der Waals surface area contributed by atoms with Crippen molar-refractivity contribution < 1.29 is 19.1 Å². The molecule has 4 rings (SSSR count). The van der Waals surface area contributed by atoms with Crippen LogP contribution in [0.5, 0.6) is 0 Å². The Hall–Kier alpha value is -3.06. The first-order valence-electron chi connectivity index (χ1n) is 10.1. The monoisotopic (exact) mass is 484 g/mol. The number of aromatic amines is 2. The van der Waals surface area contributed by atoms with Crippen LogP contribution < -0.4 is 0 Å². The van der Waals surface area contributed by atoms with E-state index < -0.39 is 0 Å². The van der Waals surface area contributed by atoms with Crippen LogP contribution in [0.25, 0.3) is 21.8 Å². The highest BCUT2D eigenvalue weighted by Gasteiger charge is 2.16. The van der Waals surface area contributed by atoms with Crippen molar-refractivity contribution in [2.24, 2.45) is 0 Å². The number of halogens is 1. The third-order valence-corrected chi connectivity index (χ3v) is 5.47. The van der Waals surface area contributed by atoms with Gasteiger partial charge in [0, 0.05) is 21.8 Å². The van der Waals surface area contributed by atoms with Gasteiger partial charge in [-0.2, -0.15) is 0 Å². The van der Waals surface area contributed by atoms with E-state index in [2.05, 4.69) is 25.9 Å². The van der Waals surface area contributed by atoms with E-state index >= 15 is 0 Å². The summed E-state index contributed by atoms with van der Waals surface area (Å²) in [5.74, 6) is -0.630. The van der Waals surface area contributed by atoms with Gasteiger partial charge in [-0.25, -0.2) is 9.59 Å².